The second-order valence-electron chi connectivity index (χ2n) is 2.46. The van der Waals surface area contributed by atoms with Gasteiger partial charge in [-0.25, -0.2) is 0 Å². The topological polar surface area (TPSA) is 38.0 Å². The van der Waals surface area contributed by atoms with Crippen molar-refractivity contribution in [2.75, 3.05) is 0 Å². The molecule has 0 aliphatic rings. The molecule has 0 heterocycles. The maximum atomic E-state index is 5.21. The van der Waals surface area contributed by atoms with Crippen molar-refractivity contribution in [2.45, 2.75) is 13.8 Å². The monoisotopic (exact) mass is 164 g/mol. The van der Waals surface area contributed by atoms with Gasteiger partial charge in [0.15, 0.2) is 0 Å². The summed E-state index contributed by atoms with van der Waals surface area (Å²) in [6.07, 6.45) is 5.69. The van der Waals surface area contributed by atoms with Gasteiger partial charge in [-0.15, -0.1) is 0 Å². The lowest BCUT2D eigenvalue weighted by Gasteiger charge is -2.04. The maximum Gasteiger partial charge on any atom is 0.0485 e. The van der Waals surface area contributed by atoms with Crippen LogP contribution < -0.4 is 11.3 Å². The van der Waals surface area contributed by atoms with Crippen LogP contribution in [0.25, 0.3) is 0 Å². The van der Waals surface area contributed by atoms with Gasteiger partial charge in [0.1, 0.15) is 0 Å². The number of nitrogens with one attached hydrogen (secondary N) is 1. The van der Waals surface area contributed by atoms with Crippen LogP contribution in [0.1, 0.15) is 13.8 Å². The van der Waals surface area contributed by atoms with Gasteiger partial charge in [0.25, 0.3) is 0 Å². The molecule has 0 aliphatic heterocycles. The Bertz CT molecular complexity index is 234. The molecule has 0 unspecified atom stereocenters. The molecule has 0 aromatic heterocycles. The van der Waals surface area contributed by atoms with Crippen LogP contribution >= 0.6 is 0 Å². The smallest absolute Gasteiger partial charge is 0.0485 e. The molecule has 0 aromatic rings. The van der Waals surface area contributed by atoms with E-state index in [4.69, 9.17) is 5.84 Å². The fourth-order valence-electron chi connectivity index (χ4n) is 0.681. The van der Waals surface area contributed by atoms with Crippen molar-refractivity contribution in [3.63, 3.8) is 0 Å². The summed E-state index contributed by atoms with van der Waals surface area (Å²) < 4.78 is 0. The van der Waals surface area contributed by atoms with E-state index in [0.717, 1.165) is 11.1 Å². The van der Waals surface area contributed by atoms with Crippen molar-refractivity contribution in [2.24, 2.45) is 5.84 Å². The first kappa shape index (κ1) is 10.7. The van der Waals surface area contributed by atoms with Crippen LogP contribution in [-0.4, -0.2) is 0 Å². The number of nitrogens with two attached hydrogens (primary N) is 1. The van der Waals surface area contributed by atoms with Crippen molar-refractivity contribution in [1.29, 1.82) is 0 Å². The fourth-order valence-corrected chi connectivity index (χ4v) is 0.681. The lowest BCUT2D eigenvalue weighted by Crippen LogP contribution is -2.21. The average molecular weight is 164 g/mol. The van der Waals surface area contributed by atoms with Gasteiger partial charge in [-0.1, -0.05) is 37.0 Å². The Morgan fingerprint density at radius 3 is 2.42 bits per heavy atom. The van der Waals surface area contributed by atoms with E-state index in [1.54, 1.807) is 6.08 Å². The van der Waals surface area contributed by atoms with Gasteiger partial charge in [0, 0.05) is 5.70 Å². The first-order valence-corrected chi connectivity index (χ1v) is 3.78. The van der Waals surface area contributed by atoms with E-state index < -0.39 is 0 Å². The highest BCUT2D eigenvalue weighted by Gasteiger charge is 1.94. The van der Waals surface area contributed by atoms with Gasteiger partial charge >= 0.3 is 0 Å². The maximum absolute atomic E-state index is 5.21. The molecule has 0 amide bonds. The van der Waals surface area contributed by atoms with E-state index in [9.17, 15) is 0 Å². The van der Waals surface area contributed by atoms with Crippen molar-refractivity contribution in [3.05, 3.63) is 48.2 Å². The number of hydrazine groups is 1. The lowest BCUT2D eigenvalue weighted by atomic mass is 10.1. The van der Waals surface area contributed by atoms with E-state index in [2.05, 4.69) is 18.6 Å². The van der Waals surface area contributed by atoms with E-state index in [1.165, 1.54) is 0 Å². The molecule has 12 heavy (non-hydrogen) atoms. The molecular weight excluding hydrogens is 148 g/mol. The summed E-state index contributed by atoms with van der Waals surface area (Å²) in [6, 6.07) is 0. The predicted octanol–water partition coefficient (Wildman–Crippen LogP) is 2.04. The summed E-state index contributed by atoms with van der Waals surface area (Å²) in [5.41, 5.74) is 5.22. The molecule has 2 heteroatoms. The van der Waals surface area contributed by atoms with Crippen LogP contribution in [-0.2, 0) is 0 Å². The Morgan fingerprint density at radius 1 is 1.50 bits per heavy atom. The molecule has 0 rings (SSSR count). The van der Waals surface area contributed by atoms with Crippen molar-refractivity contribution >= 4 is 0 Å². The van der Waals surface area contributed by atoms with Gasteiger partial charge in [0.05, 0.1) is 0 Å². The Hall–Kier alpha value is -1.28. The van der Waals surface area contributed by atoms with Crippen molar-refractivity contribution in [1.82, 2.24) is 5.43 Å². The van der Waals surface area contributed by atoms with Gasteiger partial charge in [-0.05, 0) is 19.4 Å². The van der Waals surface area contributed by atoms with Gasteiger partial charge in [-0.2, -0.15) is 0 Å². The molecule has 2 nitrogen and oxygen atoms in total. The summed E-state index contributed by atoms with van der Waals surface area (Å²) in [7, 11) is 0. The van der Waals surface area contributed by atoms with Crippen LogP contribution in [0.15, 0.2) is 48.2 Å². The van der Waals surface area contributed by atoms with Gasteiger partial charge in [-0.3, -0.25) is 5.84 Å². The zero-order chi connectivity index (χ0) is 9.56. The molecule has 0 spiro atoms. The van der Waals surface area contributed by atoms with E-state index >= 15 is 0 Å². The molecule has 0 aliphatic carbocycles. The van der Waals surface area contributed by atoms with E-state index in [0.29, 0.717) is 5.70 Å². The minimum Gasteiger partial charge on any atom is -0.324 e. The summed E-state index contributed by atoms with van der Waals surface area (Å²) >= 11 is 0. The third kappa shape index (κ3) is 3.21. The second-order valence-corrected chi connectivity index (χ2v) is 2.46. The molecule has 0 aromatic carbocycles. The molecule has 0 fully saturated rings. The Balaban J connectivity index is 4.66. The number of hydrogen-bond donors (Lipinski definition) is 2. The molecular formula is C10H16N2. The Morgan fingerprint density at radius 2 is 2.08 bits per heavy atom. The van der Waals surface area contributed by atoms with Crippen molar-refractivity contribution < 1.29 is 0 Å². The Kier molecular flexibility index (Phi) is 4.81. The van der Waals surface area contributed by atoms with E-state index in [1.807, 2.05) is 26.0 Å². The highest BCUT2D eigenvalue weighted by Crippen LogP contribution is 2.08. The molecule has 0 radical (unpaired) electrons. The van der Waals surface area contributed by atoms with Crippen LogP contribution in [0.3, 0.4) is 0 Å². The summed E-state index contributed by atoms with van der Waals surface area (Å²) in [4.78, 5) is 0. The average Bonchev–Trinajstić information content (AvgIpc) is 2.12. The third-order valence-corrected chi connectivity index (χ3v) is 1.58. The minimum absolute atomic E-state index is 0.672. The van der Waals surface area contributed by atoms with Crippen LogP contribution in [0.2, 0.25) is 0 Å². The summed E-state index contributed by atoms with van der Waals surface area (Å²) in [5.74, 6) is 5.21. The van der Waals surface area contributed by atoms with Crippen LogP contribution in [0.4, 0.5) is 0 Å². The molecule has 0 saturated heterocycles. The first-order valence-electron chi connectivity index (χ1n) is 3.78. The molecule has 66 valence electrons. The molecule has 0 saturated carbocycles. The predicted molar refractivity (Wildman–Crippen MR) is 54.2 cm³/mol. The summed E-state index contributed by atoms with van der Waals surface area (Å²) in [5, 5.41) is 0. The highest BCUT2D eigenvalue weighted by molar-refractivity contribution is 5.40. The van der Waals surface area contributed by atoms with Crippen LogP contribution in [0.5, 0.6) is 0 Å². The summed E-state index contributed by atoms with van der Waals surface area (Å²) in [6.45, 7) is 11.4. The standard InChI is InChI=1S/C10H16N2/c1-5-8(3)7-10(6-2)9(4)12-11/h5-7,12H,2,4,11H2,1,3H3/b8-5-,10-7-. The molecule has 0 bridgehead atoms. The zero-order valence-electron chi connectivity index (χ0n) is 7.72. The highest BCUT2D eigenvalue weighted by atomic mass is 15.2. The molecule has 0 atom stereocenters. The normalized spacial score (nSPS) is 12.6. The zero-order valence-corrected chi connectivity index (χ0v) is 7.72. The third-order valence-electron chi connectivity index (χ3n) is 1.58. The van der Waals surface area contributed by atoms with Gasteiger partial charge in [0.2, 0.25) is 0 Å². The number of allylic oxidation sites excluding steroid dienone is 4. The lowest BCUT2D eigenvalue weighted by molar-refractivity contribution is 0.908. The Labute approximate surface area is 74.1 Å². The van der Waals surface area contributed by atoms with Crippen molar-refractivity contribution in [3.8, 4) is 0 Å². The van der Waals surface area contributed by atoms with E-state index in [-0.39, 0.29) is 0 Å². The molecule has 3 N–H and O–H groups in total. The fraction of sp³-hybridized carbons (Fsp3) is 0.200. The van der Waals surface area contributed by atoms with Crippen LogP contribution in [0, 0.1) is 0 Å². The SMILES string of the molecule is C=C/C(=C/C(C)=C\C)C(=C)NN. The second kappa shape index (κ2) is 5.38. The number of hydrogen-bond acceptors (Lipinski definition) is 2. The quantitative estimate of drug-likeness (QED) is 0.379. The first-order chi connectivity index (χ1) is 5.65. The van der Waals surface area contributed by atoms with Gasteiger partial charge < -0.3 is 5.43 Å². The minimum atomic E-state index is 0.672. The largest absolute Gasteiger partial charge is 0.324 e. The number of rotatable bonds is 4.